The van der Waals surface area contributed by atoms with Crippen LogP contribution < -0.4 is 10.5 Å². The lowest BCUT2D eigenvalue weighted by Crippen LogP contribution is -2.16. The number of carbonyl (C=O) groups is 1. The number of hydrogen-bond donors (Lipinski definition) is 1. The Bertz CT molecular complexity index is 316. The van der Waals surface area contributed by atoms with Gasteiger partial charge in [-0.3, -0.25) is 0 Å². The van der Waals surface area contributed by atoms with Crippen LogP contribution in [0.5, 0.6) is 5.75 Å². The molecule has 1 amide bonds. The van der Waals surface area contributed by atoms with Crippen LogP contribution in [0.2, 0.25) is 5.02 Å². The van der Waals surface area contributed by atoms with E-state index in [4.69, 9.17) is 17.3 Å². The van der Waals surface area contributed by atoms with Crippen molar-refractivity contribution in [2.45, 2.75) is 0 Å². The second-order valence-corrected chi connectivity index (χ2v) is 3.65. The van der Waals surface area contributed by atoms with E-state index < -0.39 is 6.09 Å². The van der Waals surface area contributed by atoms with Gasteiger partial charge >= 0.3 is 6.09 Å². The molecule has 0 heterocycles. The molecule has 0 aliphatic heterocycles. The molecule has 5 heteroatoms. The molecule has 0 aliphatic rings. The normalized spacial score (nSPS) is 9.50. The standard InChI is InChI=1S/C7H5ClINO2/c8-5-3-4(9)1-2-6(5)12-7(10)11/h1-3H,(H2,10,11). The molecule has 1 aromatic rings. The summed E-state index contributed by atoms with van der Waals surface area (Å²) >= 11 is 7.84. The predicted octanol–water partition coefficient (Wildman–Crippen LogP) is 2.40. The summed E-state index contributed by atoms with van der Waals surface area (Å²) in [6, 6.07) is 5.04. The van der Waals surface area contributed by atoms with E-state index in [2.05, 4.69) is 27.3 Å². The fraction of sp³-hybridized carbons (Fsp3) is 0. The van der Waals surface area contributed by atoms with Crippen molar-refractivity contribution in [3.8, 4) is 5.75 Å². The summed E-state index contributed by atoms with van der Waals surface area (Å²) in [5, 5.41) is 0.376. The monoisotopic (exact) mass is 297 g/mol. The van der Waals surface area contributed by atoms with E-state index in [0.717, 1.165) is 3.57 Å². The second kappa shape index (κ2) is 3.95. The van der Waals surface area contributed by atoms with Gasteiger partial charge in [0.2, 0.25) is 0 Å². The Kier molecular flexibility index (Phi) is 3.16. The zero-order valence-corrected chi connectivity index (χ0v) is 8.80. The van der Waals surface area contributed by atoms with Crippen LogP contribution >= 0.6 is 34.2 Å². The Morgan fingerprint density at radius 1 is 1.58 bits per heavy atom. The van der Waals surface area contributed by atoms with E-state index >= 15 is 0 Å². The Hall–Kier alpha value is -0.490. The number of carbonyl (C=O) groups excluding carboxylic acids is 1. The van der Waals surface area contributed by atoms with Crippen LogP contribution in [-0.2, 0) is 0 Å². The highest BCUT2D eigenvalue weighted by atomic mass is 127. The van der Waals surface area contributed by atoms with Crippen LogP contribution in [0.15, 0.2) is 18.2 Å². The van der Waals surface area contributed by atoms with Crippen LogP contribution in [0.25, 0.3) is 0 Å². The molecule has 1 rings (SSSR count). The summed E-state index contributed by atoms with van der Waals surface area (Å²) in [6.45, 7) is 0. The molecule has 0 aliphatic carbocycles. The van der Waals surface area contributed by atoms with Gasteiger partial charge < -0.3 is 10.5 Å². The molecule has 0 spiro atoms. The topological polar surface area (TPSA) is 52.3 Å². The molecule has 0 aromatic heterocycles. The summed E-state index contributed by atoms with van der Waals surface area (Å²) in [7, 11) is 0. The fourth-order valence-corrected chi connectivity index (χ4v) is 1.56. The van der Waals surface area contributed by atoms with E-state index in [9.17, 15) is 4.79 Å². The van der Waals surface area contributed by atoms with Gasteiger partial charge in [-0.15, -0.1) is 0 Å². The highest BCUT2D eigenvalue weighted by Gasteiger charge is 2.04. The van der Waals surface area contributed by atoms with Gasteiger partial charge in [-0.05, 0) is 40.8 Å². The Balaban J connectivity index is 2.93. The number of halogens is 2. The van der Waals surface area contributed by atoms with Crippen molar-refractivity contribution in [1.29, 1.82) is 0 Å². The third kappa shape index (κ3) is 2.53. The number of nitrogens with two attached hydrogens (primary N) is 1. The van der Waals surface area contributed by atoms with Gasteiger partial charge in [0, 0.05) is 3.57 Å². The van der Waals surface area contributed by atoms with Crippen LogP contribution in [0.1, 0.15) is 0 Å². The molecule has 3 nitrogen and oxygen atoms in total. The van der Waals surface area contributed by atoms with Gasteiger partial charge in [0.1, 0.15) is 0 Å². The third-order valence-corrected chi connectivity index (χ3v) is 2.07. The molecule has 0 saturated heterocycles. The minimum Gasteiger partial charge on any atom is -0.409 e. The highest BCUT2D eigenvalue weighted by Crippen LogP contribution is 2.25. The maximum absolute atomic E-state index is 10.3. The minimum absolute atomic E-state index is 0.282. The predicted molar refractivity (Wildman–Crippen MR) is 54.4 cm³/mol. The van der Waals surface area contributed by atoms with Crippen molar-refractivity contribution in [1.82, 2.24) is 0 Å². The lowest BCUT2D eigenvalue weighted by molar-refractivity contribution is 0.211. The molecule has 12 heavy (non-hydrogen) atoms. The van der Waals surface area contributed by atoms with Crippen molar-refractivity contribution < 1.29 is 9.53 Å². The van der Waals surface area contributed by atoms with E-state index in [1.807, 2.05) is 0 Å². The van der Waals surface area contributed by atoms with Gasteiger partial charge in [-0.2, -0.15) is 0 Å². The fourth-order valence-electron chi connectivity index (χ4n) is 0.666. The molecule has 1 aromatic carbocycles. The summed E-state index contributed by atoms with van der Waals surface area (Å²) < 4.78 is 5.57. The molecule has 0 bridgehead atoms. The quantitative estimate of drug-likeness (QED) is 0.809. The van der Waals surface area contributed by atoms with E-state index in [0.29, 0.717) is 5.02 Å². The van der Waals surface area contributed by atoms with Gasteiger partial charge in [-0.25, -0.2) is 4.79 Å². The van der Waals surface area contributed by atoms with E-state index in [1.54, 1.807) is 18.2 Å². The Morgan fingerprint density at radius 3 is 2.75 bits per heavy atom. The average molecular weight is 297 g/mol. The van der Waals surface area contributed by atoms with Crippen LogP contribution in [0, 0.1) is 3.57 Å². The number of benzene rings is 1. The molecular formula is C7H5ClINO2. The van der Waals surface area contributed by atoms with Crippen LogP contribution in [0.3, 0.4) is 0 Å². The minimum atomic E-state index is -0.863. The van der Waals surface area contributed by atoms with Crippen LogP contribution in [0.4, 0.5) is 4.79 Å². The summed E-state index contributed by atoms with van der Waals surface area (Å²) in [5.41, 5.74) is 4.81. The molecule has 64 valence electrons. The first-order valence-corrected chi connectivity index (χ1v) is 4.47. The van der Waals surface area contributed by atoms with Crippen molar-refractivity contribution in [3.63, 3.8) is 0 Å². The lowest BCUT2D eigenvalue weighted by Gasteiger charge is -2.02. The zero-order chi connectivity index (χ0) is 9.14. The smallest absolute Gasteiger partial charge is 0.409 e. The maximum atomic E-state index is 10.3. The van der Waals surface area contributed by atoms with E-state index in [-0.39, 0.29) is 5.75 Å². The molecule has 0 unspecified atom stereocenters. The first-order valence-electron chi connectivity index (χ1n) is 3.02. The second-order valence-electron chi connectivity index (χ2n) is 2.00. The molecule has 0 saturated carbocycles. The first-order chi connectivity index (χ1) is 5.59. The summed E-state index contributed by atoms with van der Waals surface area (Å²) in [5.74, 6) is 0.282. The Morgan fingerprint density at radius 2 is 2.25 bits per heavy atom. The maximum Gasteiger partial charge on any atom is 0.410 e. The van der Waals surface area contributed by atoms with Crippen LogP contribution in [-0.4, -0.2) is 6.09 Å². The van der Waals surface area contributed by atoms with Crippen molar-refractivity contribution in [2.24, 2.45) is 5.73 Å². The largest absolute Gasteiger partial charge is 0.410 e. The summed E-state index contributed by atoms with van der Waals surface area (Å²) in [6.07, 6.45) is -0.863. The van der Waals surface area contributed by atoms with Gasteiger partial charge in [-0.1, -0.05) is 11.6 Å². The summed E-state index contributed by atoms with van der Waals surface area (Å²) in [4.78, 5) is 10.3. The number of primary amides is 1. The van der Waals surface area contributed by atoms with Crippen molar-refractivity contribution >= 4 is 40.3 Å². The van der Waals surface area contributed by atoms with Crippen molar-refractivity contribution in [2.75, 3.05) is 0 Å². The lowest BCUT2D eigenvalue weighted by atomic mass is 10.3. The average Bonchev–Trinajstić information content (AvgIpc) is 1.94. The van der Waals surface area contributed by atoms with Gasteiger partial charge in [0.15, 0.2) is 5.75 Å². The molecule has 0 atom stereocenters. The SMILES string of the molecule is NC(=O)Oc1ccc(I)cc1Cl. The number of hydrogen-bond acceptors (Lipinski definition) is 2. The van der Waals surface area contributed by atoms with Gasteiger partial charge in [0.05, 0.1) is 5.02 Å². The van der Waals surface area contributed by atoms with E-state index in [1.165, 1.54) is 0 Å². The Labute approximate surface area is 88.0 Å². The molecule has 0 radical (unpaired) electrons. The number of rotatable bonds is 1. The highest BCUT2D eigenvalue weighted by molar-refractivity contribution is 14.1. The van der Waals surface area contributed by atoms with Gasteiger partial charge in [0.25, 0.3) is 0 Å². The molecule has 0 fully saturated rings. The zero-order valence-electron chi connectivity index (χ0n) is 5.88. The third-order valence-electron chi connectivity index (χ3n) is 1.10. The molecule has 2 N–H and O–H groups in total. The first kappa shape index (κ1) is 9.60. The number of ether oxygens (including phenoxy) is 1. The number of amides is 1. The molecular weight excluding hydrogens is 292 g/mol. The van der Waals surface area contributed by atoms with Crippen molar-refractivity contribution in [3.05, 3.63) is 26.8 Å².